The van der Waals surface area contributed by atoms with Crippen molar-refractivity contribution in [1.82, 2.24) is 5.32 Å². The number of halogens is 2. The van der Waals surface area contributed by atoms with Gasteiger partial charge in [0.25, 0.3) is 0 Å². The maximum atomic E-state index is 13.5. The van der Waals surface area contributed by atoms with Gasteiger partial charge in [-0.2, -0.15) is 0 Å². The van der Waals surface area contributed by atoms with Crippen LogP contribution >= 0.6 is 15.9 Å². The van der Waals surface area contributed by atoms with Crippen molar-refractivity contribution in [2.45, 2.75) is 12.6 Å². The van der Waals surface area contributed by atoms with Crippen LogP contribution in [0, 0.1) is 5.82 Å². The third-order valence-corrected chi connectivity index (χ3v) is 4.96. The smallest absolute Gasteiger partial charge is 0.153 e. The molecule has 0 amide bonds. The van der Waals surface area contributed by atoms with Crippen molar-refractivity contribution in [2.24, 2.45) is 0 Å². The van der Waals surface area contributed by atoms with Crippen LogP contribution in [0.5, 0.6) is 0 Å². The Bertz CT molecular complexity index is 492. The van der Waals surface area contributed by atoms with Crippen LogP contribution in [0.25, 0.3) is 0 Å². The Morgan fingerprint density at radius 2 is 2.12 bits per heavy atom. The first-order valence-corrected chi connectivity index (χ1v) is 7.46. The van der Waals surface area contributed by atoms with Crippen LogP contribution in [0.1, 0.15) is 5.56 Å². The van der Waals surface area contributed by atoms with Crippen LogP contribution in [0.3, 0.4) is 0 Å². The highest BCUT2D eigenvalue weighted by Crippen LogP contribution is 2.19. The Labute approximate surface area is 102 Å². The molecule has 0 bridgehead atoms. The molecule has 0 saturated carbocycles. The average Bonchev–Trinajstić information content (AvgIpc) is 2.17. The van der Waals surface area contributed by atoms with Crippen molar-refractivity contribution in [2.75, 3.05) is 11.5 Å². The minimum atomic E-state index is -2.82. The molecule has 88 valence electrons. The van der Waals surface area contributed by atoms with E-state index in [2.05, 4.69) is 21.2 Å². The molecule has 0 atom stereocenters. The van der Waals surface area contributed by atoms with E-state index in [0.717, 1.165) is 0 Å². The van der Waals surface area contributed by atoms with E-state index in [9.17, 15) is 12.8 Å². The Hall–Kier alpha value is -0.460. The molecule has 1 aromatic carbocycles. The molecule has 0 aliphatic carbocycles. The molecule has 1 heterocycles. The molecule has 0 aromatic heterocycles. The SMILES string of the molecule is O=S1(=O)CC(NCc2cccc(Br)c2F)C1. The van der Waals surface area contributed by atoms with E-state index in [1.807, 2.05) is 0 Å². The van der Waals surface area contributed by atoms with E-state index in [0.29, 0.717) is 16.6 Å². The second kappa shape index (κ2) is 4.43. The Kier molecular flexibility index (Phi) is 3.32. The number of hydrogen-bond acceptors (Lipinski definition) is 3. The highest BCUT2D eigenvalue weighted by Gasteiger charge is 2.32. The predicted molar refractivity (Wildman–Crippen MR) is 63.4 cm³/mol. The van der Waals surface area contributed by atoms with Crippen molar-refractivity contribution < 1.29 is 12.8 Å². The minimum absolute atomic E-state index is 0.0385. The molecule has 1 N–H and O–H groups in total. The lowest BCUT2D eigenvalue weighted by Gasteiger charge is -2.26. The summed E-state index contributed by atoms with van der Waals surface area (Å²) in [5.41, 5.74) is 0.540. The van der Waals surface area contributed by atoms with E-state index < -0.39 is 9.84 Å². The molecule has 1 fully saturated rings. The van der Waals surface area contributed by atoms with Crippen LogP contribution in [0.15, 0.2) is 22.7 Å². The summed E-state index contributed by atoms with van der Waals surface area (Å²) in [6.45, 7) is 0.353. The monoisotopic (exact) mass is 307 g/mol. The third-order valence-electron chi connectivity index (χ3n) is 2.52. The van der Waals surface area contributed by atoms with Crippen molar-refractivity contribution in [1.29, 1.82) is 0 Å². The van der Waals surface area contributed by atoms with Gasteiger partial charge in [0.2, 0.25) is 0 Å². The molecule has 3 nitrogen and oxygen atoms in total. The second-order valence-electron chi connectivity index (χ2n) is 3.87. The normalized spacial score (nSPS) is 19.4. The van der Waals surface area contributed by atoms with Gasteiger partial charge in [-0.3, -0.25) is 0 Å². The summed E-state index contributed by atoms with van der Waals surface area (Å²) in [6.07, 6.45) is 0. The van der Waals surface area contributed by atoms with E-state index >= 15 is 0 Å². The molecule has 0 unspecified atom stereocenters. The molecule has 0 radical (unpaired) electrons. The van der Waals surface area contributed by atoms with Gasteiger partial charge in [0.1, 0.15) is 5.82 Å². The number of benzene rings is 1. The van der Waals surface area contributed by atoms with Gasteiger partial charge in [0.15, 0.2) is 9.84 Å². The highest BCUT2D eigenvalue weighted by atomic mass is 79.9. The summed E-state index contributed by atoms with van der Waals surface area (Å²) in [5, 5.41) is 3.02. The quantitative estimate of drug-likeness (QED) is 0.920. The fraction of sp³-hybridized carbons (Fsp3) is 0.400. The molecule has 0 spiro atoms. The zero-order chi connectivity index (χ0) is 11.8. The maximum Gasteiger partial charge on any atom is 0.153 e. The van der Waals surface area contributed by atoms with Crippen molar-refractivity contribution in [3.8, 4) is 0 Å². The maximum absolute atomic E-state index is 13.5. The van der Waals surface area contributed by atoms with Gasteiger partial charge in [-0.25, -0.2) is 12.8 Å². The largest absolute Gasteiger partial charge is 0.308 e. The third kappa shape index (κ3) is 2.61. The van der Waals surface area contributed by atoms with Crippen LogP contribution < -0.4 is 5.32 Å². The lowest BCUT2D eigenvalue weighted by Crippen LogP contribution is -2.50. The zero-order valence-electron chi connectivity index (χ0n) is 8.41. The average molecular weight is 308 g/mol. The summed E-state index contributed by atoms with van der Waals surface area (Å²) in [7, 11) is -2.82. The summed E-state index contributed by atoms with van der Waals surface area (Å²) >= 11 is 3.10. The predicted octanol–water partition coefficient (Wildman–Crippen LogP) is 1.47. The van der Waals surface area contributed by atoms with Crippen LogP contribution in [-0.4, -0.2) is 26.0 Å². The molecule has 1 saturated heterocycles. The molecule has 16 heavy (non-hydrogen) atoms. The van der Waals surface area contributed by atoms with Gasteiger partial charge in [-0.15, -0.1) is 0 Å². The minimum Gasteiger partial charge on any atom is -0.308 e. The standard InChI is InChI=1S/C10H11BrFNO2S/c11-9-3-1-2-7(10(9)12)4-13-8-5-16(14,15)6-8/h1-3,8,13H,4-6H2. The zero-order valence-corrected chi connectivity index (χ0v) is 10.8. The van der Waals surface area contributed by atoms with Crippen LogP contribution in [0.4, 0.5) is 4.39 Å². The Balaban J connectivity index is 1.93. The van der Waals surface area contributed by atoms with Gasteiger partial charge in [-0.1, -0.05) is 12.1 Å². The van der Waals surface area contributed by atoms with Gasteiger partial charge in [-0.05, 0) is 22.0 Å². The molecule has 2 rings (SSSR count). The van der Waals surface area contributed by atoms with Gasteiger partial charge < -0.3 is 5.32 Å². The highest BCUT2D eigenvalue weighted by molar-refractivity contribution is 9.10. The summed E-state index contributed by atoms with van der Waals surface area (Å²) < 4.78 is 35.8. The second-order valence-corrected chi connectivity index (χ2v) is 6.88. The Morgan fingerprint density at radius 3 is 2.75 bits per heavy atom. The van der Waals surface area contributed by atoms with E-state index in [1.54, 1.807) is 18.2 Å². The fourth-order valence-corrected chi connectivity index (χ4v) is 3.39. The van der Waals surface area contributed by atoms with Crippen LogP contribution in [0.2, 0.25) is 0 Å². The van der Waals surface area contributed by atoms with Crippen molar-refractivity contribution in [3.05, 3.63) is 34.1 Å². The summed E-state index contributed by atoms with van der Waals surface area (Å²) in [4.78, 5) is 0. The molecule has 1 aliphatic heterocycles. The van der Waals surface area contributed by atoms with Crippen LogP contribution in [-0.2, 0) is 16.4 Å². The molecule has 1 aromatic rings. The first kappa shape index (κ1) is 12.0. The van der Waals surface area contributed by atoms with E-state index in [1.165, 1.54) is 0 Å². The van der Waals surface area contributed by atoms with Gasteiger partial charge >= 0.3 is 0 Å². The topological polar surface area (TPSA) is 46.2 Å². The fourth-order valence-electron chi connectivity index (χ4n) is 1.62. The first-order valence-electron chi connectivity index (χ1n) is 4.84. The number of hydrogen-bond donors (Lipinski definition) is 1. The molecular weight excluding hydrogens is 297 g/mol. The molecular formula is C10H11BrFNO2S. The Morgan fingerprint density at radius 1 is 1.44 bits per heavy atom. The summed E-state index contributed by atoms with van der Waals surface area (Å²) in [6, 6.07) is 5.03. The van der Waals surface area contributed by atoms with E-state index in [4.69, 9.17) is 0 Å². The number of nitrogens with one attached hydrogen (secondary N) is 1. The lowest BCUT2D eigenvalue weighted by molar-refractivity contribution is 0.502. The van der Waals surface area contributed by atoms with Gasteiger partial charge in [0.05, 0.1) is 16.0 Å². The molecule has 1 aliphatic rings. The van der Waals surface area contributed by atoms with Crippen molar-refractivity contribution >= 4 is 25.8 Å². The first-order chi connectivity index (χ1) is 7.48. The van der Waals surface area contributed by atoms with Gasteiger partial charge in [0, 0.05) is 18.2 Å². The van der Waals surface area contributed by atoms with E-state index in [-0.39, 0.29) is 23.4 Å². The number of rotatable bonds is 3. The van der Waals surface area contributed by atoms with Crippen molar-refractivity contribution in [3.63, 3.8) is 0 Å². The number of sulfone groups is 1. The molecule has 6 heteroatoms. The lowest BCUT2D eigenvalue weighted by atomic mass is 10.2. The summed E-state index contributed by atoms with van der Waals surface area (Å²) in [5.74, 6) is 0.0165.